The van der Waals surface area contributed by atoms with Gasteiger partial charge in [-0.05, 0) is 36.8 Å². The molecule has 0 radical (unpaired) electrons. The normalized spacial score (nSPS) is 11.1. The third-order valence-corrected chi connectivity index (χ3v) is 3.73. The zero-order chi connectivity index (χ0) is 17.1. The summed E-state index contributed by atoms with van der Waals surface area (Å²) in [6.45, 7) is 2.79. The molecule has 7 heteroatoms. The van der Waals surface area contributed by atoms with Crippen molar-refractivity contribution in [3.8, 4) is 0 Å². The standard InChI is InChI=1S/C18H16N4O3/c1-12-16-17(19-11-20-18(16)25-22-12)21-14-5-2-4-13(8-14)9-23-10-15-6-3-7-24-15/h2-8,11H,9-10H2,1H3,(H,19,20,21). The molecule has 0 spiro atoms. The molecule has 3 heterocycles. The molecule has 0 aliphatic heterocycles. The van der Waals surface area contributed by atoms with Crippen molar-refractivity contribution in [2.45, 2.75) is 20.1 Å². The minimum Gasteiger partial charge on any atom is -0.467 e. The van der Waals surface area contributed by atoms with Crippen LogP contribution in [0.1, 0.15) is 17.0 Å². The molecule has 0 amide bonds. The molecule has 0 aliphatic rings. The van der Waals surface area contributed by atoms with Gasteiger partial charge in [0.1, 0.15) is 29.9 Å². The largest absolute Gasteiger partial charge is 0.467 e. The number of fused-ring (bicyclic) bond motifs is 1. The molecule has 0 saturated carbocycles. The Bertz CT molecular complexity index is 979. The van der Waals surface area contributed by atoms with Crippen molar-refractivity contribution >= 4 is 22.6 Å². The zero-order valence-corrected chi connectivity index (χ0v) is 13.6. The van der Waals surface area contributed by atoms with Crippen LogP contribution in [-0.4, -0.2) is 15.1 Å². The summed E-state index contributed by atoms with van der Waals surface area (Å²) >= 11 is 0. The second-order valence-electron chi connectivity index (χ2n) is 5.57. The van der Waals surface area contributed by atoms with Crippen molar-refractivity contribution in [1.82, 2.24) is 15.1 Å². The maximum Gasteiger partial charge on any atom is 0.263 e. The maximum atomic E-state index is 5.67. The predicted octanol–water partition coefficient (Wildman–Crippen LogP) is 3.98. The highest BCUT2D eigenvalue weighted by molar-refractivity contribution is 5.89. The van der Waals surface area contributed by atoms with Crippen molar-refractivity contribution in [2.75, 3.05) is 5.32 Å². The van der Waals surface area contributed by atoms with Gasteiger partial charge in [0.15, 0.2) is 0 Å². The van der Waals surface area contributed by atoms with Crippen molar-refractivity contribution in [3.05, 3.63) is 66.0 Å². The van der Waals surface area contributed by atoms with Crippen molar-refractivity contribution < 1.29 is 13.7 Å². The van der Waals surface area contributed by atoms with Gasteiger partial charge in [-0.2, -0.15) is 4.98 Å². The molecule has 0 fully saturated rings. The zero-order valence-electron chi connectivity index (χ0n) is 13.6. The van der Waals surface area contributed by atoms with E-state index in [-0.39, 0.29) is 0 Å². The number of furan rings is 1. The SMILES string of the molecule is Cc1noc2ncnc(Nc3cccc(COCc4ccco4)c3)c12. The average Bonchev–Trinajstić information content (AvgIpc) is 3.26. The molecule has 4 rings (SSSR count). The summed E-state index contributed by atoms with van der Waals surface area (Å²) in [5.74, 6) is 1.47. The maximum absolute atomic E-state index is 5.67. The molecular formula is C18H16N4O3. The Morgan fingerprint density at radius 3 is 2.96 bits per heavy atom. The average molecular weight is 336 g/mol. The number of hydrogen-bond donors (Lipinski definition) is 1. The van der Waals surface area contributed by atoms with Gasteiger partial charge < -0.3 is 19.0 Å². The summed E-state index contributed by atoms with van der Waals surface area (Å²) in [5.41, 5.74) is 3.16. The van der Waals surface area contributed by atoms with E-state index in [0.717, 1.165) is 28.1 Å². The van der Waals surface area contributed by atoms with E-state index in [4.69, 9.17) is 13.7 Å². The van der Waals surface area contributed by atoms with Crippen LogP contribution in [0.3, 0.4) is 0 Å². The number of nitrogens with one attached hydrogen (secondary N) is 1. The van der Waals surface area contributed by atoms with E-state index in [2.05, 4.69) is 20.4 Å². The van der Waals surface area contributed by atoms with Crippen LogP contribution in [0.2, 0.25) is 0 Å². The Morgan fingerprint density at radius 2 is 2.08 bits per heavy atom. The van der Waals surface area contributed by atoms with Crippen LogP contribution in [0.25, 0.3) is 11.1 Å². The topological polar surface area (TPSA) is 86.2 Å². The Labute approximate surface area is 143 Å². The fourth-order valence-corrected chi connectivity index (χ4v) is 2.56. The monoisotopic (exact) mass is 336 g/mol. The van der Waals surface area contributed by atoms with E-state index in [0.29, 0.717) is 24.7 Å². The summed E-state index contributed by atoms with van der Waals surface area (Å²) < 4.78 is 16.1. The van der Waals surface area contributed by atoms with Gasteiger partial charge in [-0.25, -0.2) is 4.98 Å². The smallest absolute Gasteiger partial charge is 0.263 e. The fraction of sp³-hybridized carbons (Fsp3) is 0.167. The van der Waals surface area contributed by atoms with Crippen molar-refractivity contribution in [2.24, 2.45) is 0 Å². The molecule has 0 unspecified atom stereocenters. The molecule has 1 N–H and O–H groups in total. The highest BCUT2D eigenvalue weighted by Crippen LogP contribution is 2.26. The lowest BCUT2D eigenvalue weighted by Crippen LogP contribution is -1.98. The molecule has 0 saturated heterocycles. The Hall–Kier alpha value is -3.19. The van der Waals surface area contributed by atoms with Gasteiger partial charge in [0.05, 0.1) is 18.6 Å². The summed E-state index contributed by atoms with van der Waals surface area (Å²) in [5, 5.41) is 8.01. The van der Waals surface area contributed by atoms with Crippen molar-refractivity contribution in [1.29, 1.82) is 0 Å². The number of aromatic nitrogens is 3. The van der Waals surface area contributed by atoms with Crippen LogP contribution in [0.4, 0.5) is 11.5 Å². The number of benzene rings is 1. The van der Waals surface area contributed by atoms with E-state index < -0.39 is 0 Å². The Morgan fingerprint density at radius 1 is 1.12 bits per heavy atom. The minimum atomic E-state index is 0.442. The number of hydrogen-bond acceptors (Lipinski definition) is 7. The molecule has 3 aromatic heterocycles. The predicted molar refractivity (Wildman–Crippen MR) is 91.3 cm³/mol. The molecule has 4 aromatic rings. The Kier molecular flexibility index (Phi) is 4.14. The first kappa shape index (κ1) is 15.3. The fourth-order valence-electron chi connectivity index (χ4n) is 2.56. The van der Waals surface area contributed by atoms with Gasteiger partial charge in [-0.1, -0.05) is 17.3 Å². The van der Waals surface area contributed by atoms with E-state index in [1.54, 1.807) is 6.26 Å². The van der Waals surface area contributed by atoms with Gasteiger partial charge in [0, 0.05) is 5.69 Å². The summed E-state index contributed by atoms with van der Waals surface area (Å²) in [7, 11) is 0. The number of ether oxygens (including phenoxy) is 1. The van der Waals surface area contributed by atoms with Gasteiger partial charge in [-0.15, -0.1) is 0 Å². The summed E-state index contributed by atoms with van der Waals surface area (Å²) in [6.07, 6.45) is 3.09. The van der Waals surface area contributed by atoms with Crippen LogP contribution >= 0.6 is 0 Å². The lowest BCUT2D eigenvalue weighted by Gasteiger charge is -2.08. The van der Waals surface area contributed by atoms with E-state index >= 15 is 0 Å². The van der Waals surface area contributed by atoms with Crippen LogP contribution in [0, 0.1) is 6.92 Å². The molecule has 0 atom stereocenters. The number of anilines is 2. The summed E-state index contributed by atoms with van der Waals surface area (Å²) in [6, 6.07) is 11.7. The van der Waals surface area contributed by atoms with Crippen LogP contribution in [0.5, 0.6) is 0 Å². The van der Waals surface area contributed by atoms with Crippen LogP contribution < -0.4 is 5.32 Å². The molecule has 1 aromatic carbocycles. The highest BCUT2D eigenvalue weighted by Gasteiger charge is 2.12. The van der Waals surface area contributed by atoms with Gasteiger partial charge in [0.25, 0.3) is 5.71 Å². The highest BCUT2D eigenvalue weighted by atomic mass is 16.5. The lowest BCUT2D eigenvalue weighted by atomic mass is 10.2. The molecule has 7 nitrogen and oxygen atoms in total. The van der Waals surface area contributed by atoms with Gasteiger partial charge >= 0.3 is 0 Å². The molecule has 0 bridgehead atoms. The first-order valence-corrected chi connectivity index (χ1v) is 7.82. The van der Waals surface area contributed by atoms with Gasteiger partial charge in [0.2, 0.25) is 0 Å². The van der Waals surface area contributed by atoms with Crippen LogP contribution in [-0.2, 0) is 18.0 Å². The van der Waals surface area contributed by atoms with Gasteiger partial charge in [-0.3, -0.25) is 0 Å². The van der Waals surface area contributed by atoms with Crippen molar-refractivity contribution in [3.63, 3.8) is 0 Å². The molecule has 126 valence electrons. The third kappa shape index (κ3) is 3.36. The lowest BCUT2D eigenvalue weighted by molar-refractivity contribution is 0.0930. The number of aryl methyl sites for hydroxylation is 1. The molecular weight excluding hydrogens is 320 g/mol. The first-order chi connectivity index (χ1) is 12.3. The minimum absolute atomic E-state index is 0.442. The summed E-state index contributed by atoms with van der Waals surface area (Å²) in [4.78, 5) is 8.37. The quantitative estimate of drug-likeness (QED) is 0.570. The third-order valence-electron chi connectivity index (χ3n) is 3.73. The van der Waals surface area contributed by atoms with Crippen LogP contribution in [0.15, 0.2) is 57.9 Å². The number of rotatable bonds is 6. The number of nitrogens with zero attached hydrogens (tertiary/aromatic N) is 3. The first-order valence-electron chi connectivity index (χ1n) is 7.82. The molecule has 25 heavy (non-hydrogen) atoms. The Balaban J connectivity index is 1.48. The van der Waals surface area contributed by atoms with E-state index in [1.165, 1.54) is 6.33 Å². The molecule has 0 aliphatic carbocycles. The van der Waals surface area contributed by atoms with E-state index in [1.807, 2.05) is 43.3 Å². The second-order valence-corrected chi connectivity index (χ2v) is 5.57. The second kappa shape index (κ2) is 6.74. The van der Waals surface area contributed by atoms with E-state index in [9.17, 15) is 0 Å².